The standard InChI is InChI=1S/C12H15F3N2O3/c1-8(2)20-6-5-16-10-4-3-9(12(13,14)15)7-11(10)17(18)19/h3-4,7-8,16H,5-6H2,1-2H3. The minimum absolute atomic E-state index is 0.0133. The number of anilines is 1. The summed E-state index contributed by atoms with van der Waals surface area (Å²) in [5, 5.41) is 13.5. The molecule has 1 aromatic rings. The average Bonchev–Trinajstić information content (AvgIpc) is 2.33. The van der Waals surface area contributed by atoms with Gasteiger partial charge in [-0.05, 0) is 26.0 Å². The van der Waals surface area contributed by atoms with E-state index in [9.17, 15) is 23.3 Å². The first-order valence-electron chi connectivity index (χ1n) is 5.93. The van der Waals surface area contributed by atoms with Gasteiger partial charge in [-0.1, -0.05) is 0 Å². The van der Waals surface area contributed by atoms with E-state index in [1.54, 1.807) is 0 Å². The first-order chi connectivity index (χ1) is 9.21. The van der Waals surface area contributed by atoms with Gasteiger partial charge in [0.25, 0.3) is 5.69 Å². The number of ether oxygens (including phenoxy) is 1. The van der Waals surface area contributed by atoms with E-state index in [-0.39, 0.29) is 18.3 Å². The normalized spacial score (nSPS) is 11.7. The molecular formula is C12H15F3N2O3. The molecule has 8 heteroatoms. The summed E-state index contributed by atoms with van der Waals surface area (Å²) in [4.78, 5) is 9.96. The Hall–Kier alpha value is -1.83. The van der Waals surface area contributed by atoms with E-state index >= 15 is 0 Å². The maximum atomic E-state index is 12.5. The van der Waals surface area contributed by atoms with Gasteiger partial charge in [-0.2, -0.15) is 13.2 Å². The monoisotopic (exact) mass is 292 g/mol. The van der Waals surface area contributed by atoms with Crippen LogP contribution >= 0.6 is 0 Å². The lowest BCUT2D eigenvalue weighted by Gasteiger charge is -2.11. The van der Waals surface area contributed by atoms with E-state index in [0.717, 1.165) is 12.1 Å². The molecule has 0 bridgehead atoms. The van der Waals surface area contributed by atoms with Crippen molar-refractivity contribution in [1.82, 2.24) is 0 Å². The fraction of sp³-hybridized carbons (Fsp3) is 0.500. The van der Waals surface area contributed by atoms with Crippen molar-refractivity contribution in [1.29, 1.82) is 0 Å². The molecule has 0 radical (unpaired) electrons. The SMILES string of the molecule is CC(C)OCCNc1ccc(C(F)(F)F)cc1[N+](=O)[O-]. The largest absolute Gasteiger partial charge is 0.416 e. The highest BCUT2D eigenvalue weighted by atomic mass is 19.4. The third kappa shape index (κ3) is 4.69. The van der Waals surface area contributed by atoms with Crippen LogP contribution in [0.3, 0.4) is 0 Å². The molecule has 0 aromatic heterocycles. The van der Waals surface area contributed by atoms with Gasteiger partial charge in [0.05, 0.1) is 23.2 Å². The van der Waals surface area contributed by atoms with Crippen molar-refractivity contribution in [2.45, 2.75) is 26.1 Å². The van der Waals surface area contributed by atoms with Crippen LogP contribution in [0.25, 0.3) is 0 Å². The zero-order valence-corrected chi connectivity index (χ0v) is 11.0. The molecule has 0 saturated carbocycles. The third-order valence-corrected chi connectivity index (χ3v) is 2.39. The zero-order chi connectivity index (χ0) is 15.3. The number of alkyl halides is 3. The van der Waals surface area contributed by atoms with Gasteiger partial charge in [-0.3, -0.25) is 10.1 Å². The summed E-state index contributed by atoms with van der Waals surface area (Å²) in [5.41, 5.74) is -1.62. The maximum absolute atomic E-state index is 12.5. The molecule has 5 nitrogen and oxygen atoms in total. The van der Waals surface area contributed by atoms with E-state index in [1.807, 2.05) is 13.8 Å². The summed E-state index contributed by atoms with van der Waals surface area (Å²) in [6, 6.07) is 2.38. The molecule has 0 fully saturated rings. The highest BCUT2D eigenvalue weighted by Gasteiger charge is 2.32. The molecule has 0 heterocycles. The Bertz CT molecular complexity index is 476. The number of nitrogens with one attached hydrogen (secondary N) is 1. The van der Waals surface area contributed by atoms with Crippen molar-refractivity contribution < 1.29 is 22.8 Å². The van der Waals surface area contributed by atoms with E-state index in [1.165, 1.54) is 0 Å². The van der Waals surface area contributed by atoms with E-state index < -0.39 is 22.4 Å². The van der Waals surface area contributed by atoms with Gasteiger partial charge >= 0.3 is 6.18 Å². The zero-order valence-electron chi connectivity index (χ0n) is 11.0. The van der Waals surface area contributed by atoms with Crippen LogP contribution in [0.2, 0.25) is 0 Å². The second-order valence-corrected chi connectivity index (χ2v) is 4.33. The van der Waals surface area contributed by atoms with Gasteiger partial charge in [0, 0.05) is 12.6 Å². The quantitative estimate of drug-likeness (QED) is 0.495. The van der Waals surface area contributed by atoms with Gasteiger partial charge in [0.2, 0.25) is 0 Å². The average molecular weight is 292 g/mol. The molecule has 20 heavy (non-hydrogen) atoms. The van der Waals surface area contributed by atoms with Crippen molar-refractivity contribution in [3.8, 4) is 0 Å². The first kappa shape index (κ1) is 16.2. The molecule has 0 aliphatic rings. The van der Waals surface area contributed by atoms with Crippen molar-refractivity contribution >= 4 is 11.4 Å². The van der Waals surface area contributed by atoms with Crippen LogP contribution < -0.4 is 5.32 Å². The molecule has 0 atom stereocenters. The summed E-state index contributed by atoms with van der Waals surface area (Å²) >= 11 is 0. The summed E-state index contributed by atoms with van der Waals surface area (Å²) in [5.74, 6) is 0. The van der Waals surface area contributed by atoms with Gasteiger partial charge < -0.3 is 10.1 Å². The Labute approximate surface area is 113 Å². The van der Waals surface area contributed by atoms with Crippen LogP contribution in [0, 0.1) is 10.1 Å². The number of hydrogen-bond acceptors (Lipinski definition) is 4. The number of nitro benzene ring substituents is 1. The number of nitrogens with zero attached hydrogens (tertiary/aromatic N) is 1. The first-order valence-corrected chi connectivity index (χ1v) is 5.93. The summed E-state index contributed by atoms with van der Waals surface area (Å²) in [6.07, 6.45) is -4.59. The Morgan fingerprint density at radius 3 is 2.55 bits per heavy atom. The second-order valence-electron chi connectivity index (χ2n) is 4.33. The predicted octanol–water partition coefficient (Wildman–Crippen LogP) is 3.45. The Morgan fingerprint density at radius 1 is 1.40 bits per heavy atom. The molecule has 1 aromatic carbocycles. The molecule has 1 rings (SSSR count). The minimum Gasteiger partial charge on any atom is -0.377 e. The van der Waals surface area contributed by atoms with Crippen LogP contribution in [0.4, 0.5) is 24.5 Å². The van der Waals surface area contributed by atoms with Crippen molar-refractivity contribution in [2.24, 2.45) is 0 Å². The number of hydrogen-bond donors (Lipinski definition) is 1. The maximum Gasteiger partial charge on any atom is 0.416 e. The third-order valence-electron chi connectivity index (χ3n) is 2.39. The van der Waals surface area contributed by atoms with Crippen LogP contribution in [0.15, 0.2) is 18.2 Å². The molecule has 0 amide bonds. The van der Waals surface area contributed by atoms with Gasteiger partial charge in [0.15, 0.2) is 0 Å². The molecule has 1 N–H and O–H groups in total. The van der Waals surface area contributed by atoms with Gasteiger partial charge in [-0.25, -0.2) is 0 Å². The lowest BCUT2D eigenvalue weighted by Crippen LogP contribution is -2.14. The number of rotatable bonds is 6. The fourth-order valence-electron chi connectivity index (χ4n) is 1.49. The van der Waals surface area contributed by atoms with Crippen molar-refractivity contribution in [3.63, 3.8) is 0 Å². The minimum atomic E-state index is -4.61. The smallest absolute Gasteiger partial charge is 0.377 e. The number of nitro groups is 1. The Kier molecular flexibility index (Phi) is 5.32. The van der Waals surface area contributed by atoms with Gasteiger partial charge in [-0.15, -0.1) is 0 Å². The molecule has 0 saturated heterocycles. The van der Waals surface area contributed by atoms with Crippen LogP contribution in [-0.2, 0) is 10.9 Å². The number of halogens is 3. The van der Waals surface area contributed by atoms with Crippen LogP contribution in [0.5, 0.6) is 0 Å². The lowest BCUT2D eigenvalue weighted by atomic mass is 10.1. The molecule has 0 spiro atoms. The van der Waals surface area contributed by atoms with Crippen molar-refractivity contribution in [2.75, 3.05) is 18.5 Å². The summed E-state index contributed by atoms with van der Waals surface area (Å²) < 4.78 is 42.7. The van der Waals surface area contributed by atoms with E-state index in [0.29, 0.717) is 12.7 Å². The summed E-state index contributed by atoms with van der Waals surface area (Å²) in [6.45, 7) is 4.24. The highest BCUT2D eigenvalue weighted by molar-refractivity contribution is 5.62. The second kappa shape index (κ2) is 6.56. The van der Waals surface area contributed by atoms with Crippen molar-refractivity contribution in [3.05, 3.63) is 33.9 Å². The van der Waals surface area contributed by atoms with Crippen LogP contribution in [-0.4, -0.2) is 24.2 Å². The Morgan fingerprint density at radius 2 is 2.05 bits per heavy atom. The van der Waals surface area contributed by atoms with Gasteiger partial charge in [0.1, 0.15) is 5.69 Å². The molecule has 112 valence electrons. The molecule has 0 aliphatic carbocycles. The highest BCUT2D eigenvalue weighted by Crippen LogP contribution is 2.34. The summed E-state index contributed by atoms with van der Waals surface area (Å²) in [7, 11) is 0. The predicted molar refractivity (Wildman–Crippen MR) is 67.7 cm³/mol. The van der Waals surface area contributed by atoms with Crippen LogP contribution in [0.1, 0.15) is 19.4 Å². The van der Waals surface area contributed by atoms with E-state index in [2.05, 4.69) is 5.32 Å². The molecule has 0 unspecified atom stereocenters. The van der Waals surface area contributed by atoms with E-state index in [4.69, 9.17) is 4.74 Å². The molecular weight excluding hydrogens is 277 g/mol. The Balaban J connectivity index is 2.83. The topological polar surface area (TPSA) is 64.4 Å². The number of benzene rings is 1. The lowest BCUT2D eigenvalue weighted by molar-refractivity contribution is -0.384. The molecule has 0 aliphatic heterocycles. The fourth-order valence-corrected chi connectivity index (χ4v) is 1.49.